The molecule has 2 aliphatic rings. The number of aromatic nitrogens is 2. The minimum absolute atomic E-state index is 0.165. The second-order valence-corrected chi connectivity index (χ2v) is 7.15. The molecule has 0 radical (unpaired) electrons. The molecule has 0 bridgehead atoms. The Balaban J connectivity index is 1.24. The number of carbonyl (C=O) groups excluding carboxylic acids is 1. The third kappa shape index (κ3) is 3.57. The monoisotopic (exact) mass is 407 g/mol. The van der Waals surface area contributed by atoms with Gasteiger partial charge in [-0.2, -0.15) is 5.10 Å². The predicted octanol–water partition coefficient (Wildman–Crippen LogP) is 2.82. The van der Waals surface area contributed by atoms with Gasteiger partial charge in [-0.15, -0.1) is 0 Å². The first kappa shape index (κ1) is 18.5. The Hall–Kier alpha value is -3.52. The average molecular weight is 407 g/mol. The molecule has 0 saturated heterocycles. The van der Waals surface area contributed by atoms with Crippen LogP contribution in [0.25, 0.3) is 0 Å². The number of ether oxygens (including phenoxy) is 4. The summed E-state index contributed by atoms with van der Waals surface area (Å²) in [5.74, 6) is 2.03. The Morgan fingerprint density at radius 3 is 2.83 bits per heavy atom. The molecule has 0 saturated carbocycles. The van der Waals surface area contributed by atoms with Crippen LogP contribution in [0.1, 0.15) is 33.4 Å². The number of benzene rings is 2. The number of hydrogen-bond donors (Lipinski definition) is 1. The highest BCUT2D eigenvalue weighted by Gasteiger charge is 2.25. The van der Waals surface area contributed by atoms with E-state index in [1.807, 2.05) is 47.1 Å². The van der Waals surface area contributed by atoms with Crippen molar-refractivity contribution < 1.29 is 23.7 Å². The number of hydrogen-bond acceptors (Lipinski definition) is 6. The van der Waals surface area contributed by atoms with Crippen LogP contribution in [0.4, 0.5) is 0 Å². The summed E-state index contributed by atoms with van der Waals surface area (Å²) in [6.45, 7) is 1.57. The van der Waals surface area contributed by atoms with Crippen molar-refractivity contribution in [1.82, 2.24) is 15.1 Å². The molecule has 0 unspecified atom stereocenters. The van der Waals surface area contributed by atoms with E-state index in [9.17, 15) is 4.79 Å². The van der Waals surface area contributed by atoms with E-state index in [2.05, 4.69) is 10.4 Å². The summed E-state index contributed by atoms with van der Waals surface area (Å²) in [7, 11) is 1.62. The second-order valence-electron chi connectivity index (χ2n) is 7.15. The lowest BCUT2D eigenvalue weighted by atomic mass is 10.1. The maximum atomic E-state index is 12.6. The zero-order chi connectivity index (χ0) is 20.5. The summed E-state index contributed by atoms with van der Waals surface area (Å²) in [6, 6.07) is 15.1. The molecule has 1 N–H and O–H groups in total. The van der Waals surface area contributed by atoms with Gasteiger partial charge >= 0.3 is 0 Å². The Morgan fingerprint density at radius 1 is 1.17 bits per heavy atom. The number of carbonyl (C=O) groups is 1. The van der Waals surface area contributed by atoms with Gasteiger partial charge in [-0.05, 0) is 41.5 Å². The number of nitrogens with one attached hydrogen (secondary N) is 1. The summed E-state index contributed by atoms with van der Waals surface area (Å²) in [6.07, 6.45) is -0.165. The van der Waals surface area contributed by atoms with Crippen LogP contribution in [0.15, 0.2) is 48.5 Å². The average Bonchev–Trinajstić information content (AvgIpc) is 3.43. The number of amides is 1. The summed E-state index contributed by atoms with van der Waals surface area (Å²) in [5.41, 5.74) is 3.24. The molecule has 2 aromatic carbocycles. The first-order valence-corrected chi connectivity index (χ1v) is 9.68. The van der Waals surface area contributed by atoms with Crippen LogP contribution in [0.2, 0.25) is 0 Å². The van der Waals surface area contributed by atoms with Gasteiger partial charge in [-0.1, -0.05) is 18.2 Å². The molecule has 8 nitrogen and oxygen atoms in total. The normalized spacial score (nSPS) is 16.8. The highest BCUT2D eigenvalue weighted by molar-refractivity contribution is 5.92. The minimum Gasteiger partial charge on any atom is -0.497 e. The van der Waals surface area contributed by atoms with Crippen LogP contribution in [0.3, 0.4) is 0 Å². The molecular formula is C22H21N3O5. The van der Waals surface area contributed by atoms with Crippen molar-refractivity contribution in [2.24, 2.45) is 0 Å². The fourth-order valence-electron chi connectivity index (χ4n) is 3.57. The topological polar surface area (TPSA) is 83.8 Å². The van der Waals surface area contributed by atoms with Gasteiger partial charge in [-0.3, -0.25) is 9.48 Å². The molecule has 30 heavy (non-hydrogen) atoms. The molecular weight excluding hydrogens is 386 g/mol. The van der Waals surface area contributed by atoms with E-state index in [1.54, 1.807) is 13.2 Å². The summed E-state index contributed by atoms with van der Waals surface area (Å²) in [5, 5.41) is 7.39. The van der Waals surface area contributed by atoms with E-state index < -0.39 is 0 Å². The van der Waals surface area contributed by atoms with Crippen molar-refractivity contribution in [3.8, 4) is 17.2 Å². The van der Waals surface area contributed by atoms with E-state index in [0.29, 0.717) is 25.4 Å². The third-order valence-electron chi connectivity index (χ3n) is 5.25. The van der Waals surface area contributed by atoms with Gasteiger partial charge in [0, 0.05) is 6.54 Å². The Bertz CT molecular complexity index is 1080. The third-order valence-corrected chi connectivity index (χ3v) is 5.25. The number of nitrogens with zero attached hydrogens (tertiary/aromatic N) is 2. The minimum atomic E-state index is -0.215. The molecule has 1 amide bonds. The maximum absolute atomic E-state index is 12.6. The van der Waals surface area contributed by atoms with Crippen molar-refractivity contribution in [3.05, 3.63) is 71.0 Å². The SMILES string of the molecule is COc1ccc(CNC(=O)c2cc3n(n2)C[C@@H](c2ccc4c(c2)OCO4)OC3)cc1. The van der Waals surface area contributed by atoms with E-state index in [1.165, 1.54) is 0 Å². The van der Waals surface area contributed by atoms with Crippen molar-refractivity contribution in [1.29, 1.82) is 0 Å². The number of fused-ring (bicyclic) bond motifs is 2. The van der Waals surface area contributed by atoms with E-state index in [0.717, 1.165) is 34.1 Å². The molecule has 154 valence electrons. The highest BCUT2D eigenvalue weighted by Crippen LogP contribution is 2.36. The van der Waals surface area contributed by atoms with E-state index in [4.69, 9.17) is 18.9 Å². The first-order chi connectivity index (χ1) is 14.7. The molecule has 1 aromatic heterocycles. The Kier molecular flexibility index (Phi) is 4.76. The van der Waals surface area contributed by atoms with Gasteiger partial charge in [0.05, 0.1) is 26.0 Å². The summed E-state index contributed by atoms with van der Waals surface area (Å²) < 4.78 is 23.8. The molecule has 5 rings (SSSR count). The Labute approximate surface area is 173 Å². The molecule has 3 heterocycles. The summed E-state index contributed by atoms with van der Waals surface area (Å²) in [4.78, 5) is 12.6. The van der Waals surface area contributed by atoms with Gasteiger partial charge in [-0.25, -0.2) is 0 Å². The van der Waals surface area contributed by atoms with Gasteiger partial charge in [0.15, 0.2) is 17.2 Å². The molecule has 3 aromatic rings. The standard InChI is InChI=1S/C22H21N3O5/c1-27-17-5-2-14(3-6-17)10-23-22(26)18-9-16-12-28-21(11-25(16)24-18)15-4-7-19-20(8-15)30-13-29-19/h2-9,21H,10-13H2,1H3,(H,23,26)/t21-/m0/s1. The molecule has 0 aliphatic carbocycles. The lowest BCUT2D eigenvalue weighted by Gasteiger charge is -2.24. The fourth-order valence-corrected chi connectivity index (χ4v) is 3.57. The Morgan fingerprint density at radius 2 is 2.00 bits per heavy atom. The predicted molar refractivity (Wildman–Crippen MR) is 106 cm³/mol. The van der Waals surface area contributed by atoms with Gasteiger partial charge in [0.2, 0.25) is 6.79 Å². The van der Waals surface area contributed by atoms with Crippen molar-refractivity contribution in [2.45, 2.75) is 25.8 Å². The molecule has 8 heteroatoms. The lowest BCUT2D eigenvalue weighted by Crippen LogP contribution is -2.24. The van der Waals surface area contributed by atoms with E-state index in [-0.39, 0.29) is 18.8 Å². The smallest absolute Gasteiger partial charge is 0.272 e. The quantitative estimate of drug-likeness (QED) is 0.700. The second kappa shape index (κ2) is 7.72. The van der Waals surface area contributed by atoms with E-state index >= 15 is 0 Å². The zero-order valence-corrected chi connectivity index (χ0v) is 16.5. The van der Waals surface area contributed by atoms with Crippen LogP contribution < -0.4 is 19.5 Å². The van der Waals surface area contributed by atoms with Gasteiger partial charge in [0.25, 0.3) is 5.91 Å². The van der Waals surface area contributed by atoms with Gasteiger partial charge < -0.3 is 24.3 Å². The lowest BCUT2D eigenvalue weighted by molar-refractivity contribution is -0.00128. The van der Waals surface area contributed by atoms with Crippen LogP contribution in [-0.4, -0.2) is 29.6 Å². The van der Waals surface area contributed by atoms with Gasteiger partial charge in [0.1, 0.15) is 11.9 Å². The summed E-state index contributed by atoms with van der Waals surface area (Å²) >= 11 is 0. The molecule has 2 aliphatic heterocycles. The van der Waals surface area contributed by atoms with Crippen LogP contribution >= 0.6 is 0 Å². The van der Waals surface area contributed by atoms with Crippen molar-refractivity contribution in [2.75, 3.05) is 13.9 Å². The van der Waals surface area contributed by atoms with Crippen LogP contribution in [-0.2, 0) is 24.4 Å². The van der Waals surface area contributed by atoms with Crippen LogP contribution in [0, 0.1) is 0 Å². The molecule has 0 fully saturated rings. The molecule has 1 atom stereocenters. The fraction of sp³-hybridized carbons (Fsp3) is 0.273. The highest BCUT2D eigenvalue weighted by atomic mass is 16.7. The van der Waals surface area contributed by atoms with Crippen molar-refractivity contribution in [3.63, 3.8) is 0 Å². The first-order valence-electron chi connectivity index (χ1n) is 9.68. The number of rotatable bonds is 5. The largest absolute Gasteiger partial charge is 0.497 e. The van der Waals surface area contributed by atoms with Crippen LogP contribution in [0.5, 0.6) is 17.2 Å². The maximum Gasteiger partial charge on any atom is 0.272 e. The number of methoxy groups -OCH3 is 1. The zero-order valence-electron chi connectivity index (χ0n) is 16.5. The molecule has 0 spiro atoms. The van der Waals surface area contributed by atoms with Crippen molar-refractivity contribution >= 4 is 5.91 Å².